The number of rotatable bonds is 4. The second-order valence-corrected chi connectivity index (χ2v) is 8.24. The predicted octanol–water partition coefficient (Wildman–Crippen LogP) is 3.42. The van der Waals surface area contributed by atoms with Crippen molar-refractivity contribution in [2.45, 2.75) is 12.6 Å². The van der Waals surface area contributed by atoms with Crippen LogP contribution in [0.4, 0.5) is 4.39 Å². The van der Waals surface area contributed by atoms with E-state index in [1.807, 2.05) is 47.4 Å². The molecular weight excluding hydrogens is 409 g/mol. The maximum atomic E-state index is 13.3. The Morgan fingerprint density at radius 3 is 2.62 bits per heavy atom. The number of para-hydroxylation sites is 1. The topological polar surface area (TPSA) is 54.9 Å². The van der Waals surface area contributed by atoms with Gasteiger partial charge >= 0.3 is 0 Å². The van der Waals surface area contributed by atoms with E-state index in [2.05, 4.69) is 4.90 Å². The Labute approximate surface area is 186 Å². The summed E-state index contributed by atoms with van der Waals surface area (Å²) in [5, 5.41) is 0.853. The number of pyridine rings is 1. The van der Waals surface area contributed by atoms with Crippen molar-refractivity contribution in [1.29, 1.82) is 0 Å². The van der Waals surface area contributed by atoms with Gasteiger partial charge in [0, 0.05) is 38.1 Å². The van der Waals surface area contributed by atoms with E-state index < -0.39 is 0 Å². The normalized spacial score (nSPS) is 19.9. The molecule has 2 fully saturated rings. The lowest BCUT2D eigenvalue weighted by atomic mass is 10.0. The van der Waals surface area contributed by atoms with E-state index in [0.717, 1.165) is 28.7 Å². The van der Waals surface area contributed by atoms with Crippen molar-refractivity contribution in [3.63, 3.8) is 0 Å². The van der Waals surface area contributed by atoms with Gasteiger partial charge < -0.3 is 14.4 Å². The summed E-state index contributed by atoms with van der Waals surface area (Å²) in [6.45, 7) is 5.05. The zero-order valence-electron chi connectivity index (χ0n) is 17.9. The fraction of sp³-hybridized carbons (Fsp3) is 0.360. The minimum absolute atomic E-state index is 0.00660. The van der Waals surface area contributed by atoms with Crippen molar-refractivity contribution < 1.29 is 18.7 Å². The van der Waals surface area contributed by atoms with Crippen LogP contribution in [0.3, 0.4) is 0 Å². The highest BCUT2D eigenvalue weighted by Gasteiger charge is 2.27. The first-order valence-corrected chi connectivity index (χ1v) is 11.0. The van der Waals surface area contributed by atoms with Crippen molar-refractivity contribution in [3.8, 4) is 0 Å². The molecule has 166 valence electrons. The molecule has 1 aromatic heterocycles. The molecule has 2 saturated heterocycles. The van der Waals surface area contributed by atoms with E-state index in [4.69, 9.17) is 14.5 Å². The first-order chi connectivity index (χ1) is 15.7. The van der Waals surface area contributed by atoms with Crippen LogP contribution in [0, 0.1) is 5.82 Å². The third-order valence-electron chi connectivity index (χ3n) is 6.06. The average molecular weight is 435 g/mol. The fourth-order valence-corrected chi connectivity index (χ4v) is 4.35. The second-order valence-electron chi connectivity index (χ2n) is 8.24. The zero-order valence-corrected chi connectivity index (χ0v) is 17.9. The van der Waals surface area contributed by atoms with Crippen LogP contribution >= 0.6 is 0 Å². The molecule has 0 aliphatic carbocycles. The molecule has 2 aromatic carbocycles. The number of ether oxygens (including phenoxy) is 2. The van der Waals surface area contributed by atoms with Gasteiger partial charge in [0.2, 0.25) is 0 Å². The summed E-state index contributed by atoms with van der Waals surface area (Å²) in [6, 6.07) is 16.2. The Balaban J connectivity index is 1.41. The fourth-order valence-electron chi connectivity index (χ4n) is 4.35. The molecule has 2 aliphatic rings. The minimum atomic E-state index is -0.231. The van der Waals surface area contributed by atoms with Gasteiger partial charge in [-0.05, 0) is 29.8 Å². The second kappa shape index (κ2) is 9.32. The Kier molecular flexibility index (Phi) is 6.12. The molecule has 0 radical (unpaired) electrons. The number of carbonyl (C=O) groups is 1. The van der Waals surface area contributed by atoms with Crippen LogP contribution in [0.1, 0.15) is 27.7 Å². The first kappa shape index (κ1) is 21.0. The van der Waals surface area contributed by atoms with E-state index in [9.17, 15) is 9.18 Å². The number of hydrogen-bond acceptors (Lipinski definition) is 5. The molecule has 2 aliphatic heterocycles. The van der Waals surface area contributed by atoms with E-state index >= 15 is 0 Å². The molecule has 6 nitrogen and oxygen atoms in total. The summed E-state index contributed by atoms with van der Waals surface area (Å²) >= 11 is 0. The highest BCUT2D eigenvalue weighted by Crippen LogP contribution is 2.27. The molecule has 7 heteroatoms. The minimum Gasteiger partial charge on any atom is -0.378 e. The molecule has 0 spiro atoms. The zero-order chi connectivity index (χ0) is 21.9. The lowest BCUT2D eigenvalue weighted by molar-refractivity contribution is -0.0348. The lowest BCUT2D eigenvalue weighted by Crippen LogP contribution is -2.41. The van der Waals surface area contributed by atoms with Crippen molar-refractivity contribution in [3.05, 3.63) is 77.2 Å². The van der Waals surface area contributed by atoms with Gasteiger partial charge in [0.05, 0.1) is 36.6 Å². The predicted molar refractivity (Wildman–Crippen MR) is 119 cm³/mol. The van der Waals surface area contributed by atoms with Gasteiger partial charge in [0.15, 0.2) is 0 Å². The van der Waals surface area contributed by atoms with Gasteiger partial charge in [-0.15, -0.1) is 0 Å². The summed E-state index contributed by atoms with van der Waals surface area (Å²) in [5.74, 6) is -0.224. The lowest BCUT2D eigenvalue weighted by Gasteiger charge is -2.33. The number of morpholine rings is 2. The summed E-state index contributed by atoms with van der Waals surface area (Å²) in [5.41, 5.74) is 3.28. The van der Waals surface area contributed by atoms with Crippen molar-refractivity contribution >= 4 is 16.8 Å². The van der Waals surface area contributed by atoms with Gasteiger partial charge in [0.1, 0.15) is 11.9 Å². The van der Waals surface area contributed by atoms with Crippen LogP contribution in [0.2, 0.25) is 0 Å². The molecule has 1 atom stereocenters. The Bertz CT molecular complexity index is 1100. The third-order valence-corrected chi connectivity index (χ3v) is 6.06. The van der Waals surface area contributed by atoms with Gasteiger partial charge in [-0.2, -0.15) is 0 Å². The number of nitrogens with zero attached hydrogens (tertiary/aromatic N) is 3. The van der Waals surface area contributed by atoms with Crippen LogP contribution in [0.25, 0.3) is 10.9 Å². The number of aromatic nitrogens is 1. The molecule has 32 heavy (non-hydrogen) atoms. The van der Waals surface area contributed by atoms with E-state index in [1.165, 1.54) is 12.1 Å². The molecule has 5 rings (SSSR count). The monoisotopic (exact) mass is 435 g/mol. The van der Waals surface area contributed by atoms with E-state index in [0.29, 0.717) is 51.6 Å². The molecule has 1 unspecified atom stereocenters. The summed E-state index contributed by atoms with van der Waals surface area (Å²) < 4.78 is 24.7. The number of carbonyl (C=O) groups excluding carboxylic acids is 1. The molecule has 0 bridgehead atoms. The van der Waals surface area contributed by atoms with Gasteiger partial charge in [0.25, 0.3) is 5.91 Å². The van der Waals surface area contributed by atoms with Gasteiger partial charge in [-0.25, -0.2) is 9.37 Å². The van der Waals surface area contributed by atoms with Crippen LogP contribution in [0.15, 0.2) is 54.6 Å². The van der Waals surface area contributed by atoms with Crippen LogP contribution in [-0.2, 0) is 16.0 Å². The van der Waals surface area contributed by atoms with Crippen molar-refractivity contribution in [2.24, 2.45) is 0 Å². The van der Waals surface area contributed by atoms with Crippen LogP contribution in [0.5, 0.6) is 0 Å². The molecule has 3 aromatic rings. The highest BCUT2D eigenvalue weighted by atomic mass is 19.1. The highest BCUT2D eigenvalue weighted by molar-refractivity contribution is 6.06. The number of amides is 1. The smallest absolute Gasteiger partial charge is 0.254 e. The number of halogens is 1. The molecule has 0 N–H and O–H groups in total. The molecular formula is C25H26FN3O3. The van der Waals surface area contributed by atoms with Gasteiger partial charge in [-0.3, -0.25) is 9.69 Å². The summed E-state index contributed by atoms with van der Waals surface area (Å²) in [4.78, 5) is 22.3. The number of hydrogen-bond donors (Lipinski definition) is 0. The van der Waals surface area contributed by atoms with Gasteiger partial charge in [-0.1, -0.05) is 30.3 Å². The van der Waals surface area contributed by atoms with Crippen molar-refractivity contribution in [1.82, 2.24) is 14.8 Å². The maximum absolute atomic E-state index is 13.3. The quantitative estimate of drug-likeness (QED) is 0.629. The van der Waals surface area contributed by atoms with Crippen molar-refractivity contribution in [2.75, 3.05) is 46.0 Å². The SMILES string of the molecule is O=C(c1cc(C2CN(Cc3ccc(F)cc3)CCO2)nc2ccccc12)N1CCOCC1. The largest absolute Gasteiger partial charge is 0.378 e. The maximum Gasteiger partial charge on any atom is 0.254 e. The Morgan fingerprint density at radius 1 is 1.03 bits per heavy atom. The van der Waals surface area contributed by atoms with Crippen LogP contribution in [-0.4, -0.2) is 66.7 Å². The van der Waals surface area contributed by atoms with E-state index in [-0.39, 0.29) is 17.8 Å². The van der Waals surface area contributed by atoms with Crippen LogP contribution < -0.4 is 0 Å². The molecule has 0 saturated carbocycles. The Morgan fingerprint density at radius 2 is 1.81 bits per heavy atom. The number of benzene rings is 2. The first-order valence-electron chi connectivity index (χ1n) is 11.0. The number of fused-ring (bicyclic) bond motifs is 1. The summed E-state index contributed by atoms with van der Waals surface area (Å²) in [6.07, 6.45) is -0.231. The molecule has 3 heterocycles. The third kappa shape index (κ3) is 4.50. The molecule has 1 amide bonds. The average Bonchev–Trinajstić information content (AvgIpc) is 2.85. The standard InChI is InChI=1S/C25H26FN3O3/c26-19-7-5-18(6-8-19)16-28-9-14-32-24(17-28)23-15-21(20-3-1-2-4-22(20)27-23)25(30)29-10-12-31-13-11-29/h1-8,15,24H,9-14,16-17H2. The summed E-state index contributed by atoms with van der Waals surface area (Å²) in [7, 11) is 0. The van der Waals surface area contributed by atoms with E-state index in [1.54, 1.807) is 0 Å². The Hall–Kier alpha value is -2.87.